The first-order chi connectivity index (χ1) is 14.2. The monoisotopic (exact) mass is 395 g/mol. The lowest BCUT2D eigenvalue weighted by molar-refractivity contribution is -0.130. The molecule has 0 unspecified atom stereocenters. The van der Waals surface area contributed by atoms with Gasteiger partial charge in [0.1, 0.15) is 5.82 Å². The van der Waals surface area contributed by atoms with Gasteiger partial charge in [0.25, 0.3) is 0 Å². The molecule has 4 nitrogen and oxygen atoms in total. The largest absolute Gasteiger partial charge is 0.354 e. The molecule has 1 aliphatic carbocycles. The second kappa shape index (κ2) is 9.06. The van der Waals surface area contributed by atoms with E-state index in [1.54, 1.807) is 6.07 Å². The van der Waals surface area contributed by atoms with Crippen molar-refractivity contribution in [3.63, 3.8) is 0 Å². The maximum atomic E-state index is 13.6. The Labute approximate surface area is 172 Å². The molecule has 0 radical (unpaired) electrons. The molecule has 2 aromatic carbocycles. The van der Waals surface area contributed by atoms with Gasteiger partial charge in [-0.3, -0.25) is 14.6 Å². The number of piperazine rings is 1. The van der Waals surface area contributed by atoms with E-state index in [4.69, 9.17) is 0 Å². The number of nitrogens with zero attached hydrogens (tertiary/aromatic N) is 2. The van der Waals surface area contributed by atoms with E-state index in [1.807, 2.05) is 6.07 Å². The fraction of sp³-hybridized carbons (Fsp3) is 0.458. The number of benzene rings is 2. The molecule has 5 heteroatoms. The molecule has 2 aromatic rings. The zero-order valence-corrected chi connectivity index (χ0v) is 16.9. The Bertz CT molecular complexity index is 814. The van der Waals surface area contributed by atoms with Crippen LogP contribution in [0.1, 0.15) is 30.4 Å². The Morgan fingerprint density at radius 1 is 0.966 bits per heavy atom. The first-order valence-electron chi connectivity index (χ1n) is 10.7. The van der Waals surface area contributed by atoms with E-state index in [2.05, 4.69) is 45.4 Å². The Morgan fingerprint density at radius 3 is 2.34 bits per heavy atom. The normalized spacial score (nSPS) is 19.5. The molecule has 1 saturated carbocycles. The van der Waals surface area contributed by atoms with Crippen molar-refractivity contribution in [1.82, 2.24) is 15.1 Å². The zero-order chi connectivity index (χ0) is 20.1. The van der Waals surface area contributed by atoms with Gasteiger partial charge in [-0.1, -0.05) is 48.9 Å². The summed E-state index contributed by atoms with van der Waals surface area (Å²) in [6.07, 6.45) is 2.63. The Balaban J connectivity index is 1.22. The minimum absolute atomic E-state index is 0.0528. The van der Waals surface area contributed by atoms with Gasteiger partial charge in [0.05, 0.1) is 5.41 Å². The van der Waals surface area contributed by atoms with Gasteiger partial charge in [-0.05, 0) is 36.1 Å². The highest BCUT2D eigenvalue weighted by Crippen LogP contribution is 2.44. The van der Waals surface area contributed by atoms with Gasteiger partial charge in [0.15, 0.2) is 0 Å². The highest BCUT2D eigenvalue weighted by Gasteiger charge is 2.45. The number of hydrogen-bond acceptors (Lipinski definition) is 3. The van der Waals surface area contributed by atoms with E-state index in [0.717, 1.165) is 64.1 Å². The van der Waals surface area contributed by atoms with Gasteiger partial charge in [0, 0.05) is 45.8 Å². The third-order valence-electron chi connectivity index (χ3n) is 6.45. The molecule has 1 aliphatic heterocycles. The summed E-state index contributed by atoms with van der Waals surface area (Å²) in [7, 11) is 0. The summed E-state index contributed by atoms with van der Waals surface area (Å²) in [5.41, 5.74) is 1.64. The van der Waals surface area contributed by atoms with Crippen molar-refractivity contribution in [2.24, 2.45) is 0 Å². The topological polar surface area (TPSA) is 35.6 Å². The minimum atomic E-state index is -0.531. The maximum absolute atomic E-state index is 13.6. The van der Waals surface area contributed by atoms with Crippen LogP contribution in [0, 0.1) is 5.82 Å². The van der Waals surface area contributed by atoms with Crippen molar-refractivity contribution in [2.45, 2.75) is 31.2 Å². The molecular weight excluding hydrogens is 365 g/mol. The average molecular weight is 396 g/mol. The van der Waals surface area contributed by atoms with Crippen molar-refractivity contribution in [3.8, 4) is 0 Å². The summed E-state index contributed by atoms with van der Waals surface area (Å²) in [6.45, 7) is 6.67. The van der Waals surface area contributed by atoms with Crippen LogP contribution in [-0.4, -0.2) is 55.0 Å². The zero-order valence-electron chi connectivity index (χ0n) is 16.9. The van der Waals surface area contributed by atoms with Crippen LogP contribution < -0.4 is 5.32 Å². The lowest BCUT2D eigenvalue weighted by Gasteiger charge is -2.41. The summed E-state index contributed by atoms with van der Waals surface area (Å²) in [5.74, 6) is -0.216. The van der Waals surface area contributed by atoms with Gasteiger partial charge in [-0.25, -0.2) is 4.39 Å². The molecule has 0 bridgehead atoms. The second-order valence-corrected chi connectivity index (χ2v) is 8.31. The molecule has 1 saturated heterocycles. The first kappa shape index (κ1) is 20.0. The van der Waals surface area contributed by atoms with Crippen LogP contribution in [-0.2, 0) is 16.8 Å². The van der Waals surface area contributed by atoms with Crippen molar-refractivity contribution in [3.05, 3.63) is 71.5 Å². The SMILES string of the molecule is O=C(NCCN1CCN(Cc2ccccc2)CC1)C1(c2cccc(F)c2)CCC1. The Morgan fingerprint density at radius 2 is 1.69 bits per heavy atom. The van der Waals surface area contributed by atoms with Gasteiger partial charge >= 0.3 is 0 Å². The first-order valence-corrected chi connectivity index (χ1v) is 10.7. The van der Waals surface area contributed by atoms with Crippen LogP contribution in [0.5, 0.6) is 0 Å². The van der Waals surface area contributed by atoms with Crippen LogP contribution in [0.3, 0.4) is 0 Å². The average Bonchev–Trinajstić information content (AvgIpc) is 2.69. The highest BCUT2D eigenvalue weighted by atomic mass is 19.1. The molecule has 2 aliphatic rings. The Hall–Kier alpha value is -2.24. The van der Waals surface area contributed by atoms with Crippen molar-refractivity contribution in [2.75, 3.05) is 39.3 Å². The number of carbonyl (C=O) groups excluding carboxylic acids is 1. The molecule has 1 amide bonds. The van der Waals surface area contributed by atoms with E-state index < -0.39 is 5.41 Å². The van der Waals surface area contributed by atoms with E-state index in [-0.39, 0.29) is 11.7 Å². The molecule has 2 fully saturated rings. The maximum Gasteiger partial charge on any atom is 0.230 e. The predicted octanol–water partition coefficient (Wildman–Crippen LogP) is 3.18. The number of nitrogens with one attached hydrogen (secondary N) is 1. The smallest absolute Gasteiger partial charge is 0.230 e. The van der Waals surface area contributed by atoms with Gasteiger partial charge in [-0.15, -0.1) is 0 Å². The molecule has 0 atom stereocenters. The molecule has 154 valence electrons. The molecule has 1 N–H and O–H groups in total. The van der Waals surface area contributed by atoms with Gasteiger partial charge < -0.3 is 5.32 Å². The van der Waals surface area contributed by atoms with E-state index in [1.165, 1.54) is 17.7 Å². The highest BCUT2D eigenvalue weighted by molar-refractivity contribution is 5.89. The van der Waals surface area contributed by atoms with Crippen molar-refractivity contribution >= 4 is 5.91 Å². The molecule has 1 heterocycles. The molecule has 29 heavy (non-hydrogen) atoms. The van der Waals surface area contributed by atoms with Crippen molar-refractivity contribution < 1.29 is 9.18 Å². The summed E-state index contributed by atoms with van der Waals surface area (Å²) in [5, 5.41) is 3.13. The molecule has 4 rings (SSSR count). The Kier molecular flexibility index (Phi) is 6.26. The van der Waals surface area contributed by atoms with E-state index >= 15 is 0 Å². The number of carbonyl (C=O) groups is 1. The van der Waals surface area contributed by atoms with Crippen LogP contribution in [0.15, 0.2) is 54.6 Å². The van der Waals surface area contributed by atoms with Crippen molar-refractivity contribution in [1.29, 1.82) is 0 Å². The number of halogens is 1. The quantitative estimate of drug-likeness (QED) is 0.782. The van der Waals surface area contributed by atoms with Crippen LogP contribution in [0.2, 0.25) is 0 Å². The lowest BCUT2D eigenvalue weighted by Crippen LogP contribution is -2.52. The molecule has 0 aromatic heterocycles. The van der Waals surface area contributed by atoms with Crippen LogP contribution in [0.25, 0.3) is 0 Å². The fourth-order valence-corrected chi connectivity index (χ4v) is 4.47. The van der Waals surface area contributed by atoms with Crippen LogP contribution >= 0.6 is 0 Å². The third-order valence-corrected chi connectivity index (χ3v) is 6.45. The summed E-state index contributed by atoms with van der Waals surface area (Å²) in [6, 6.07) is 17.1. The predicted molar refractivity (Wildman–Crippen MR) is 113 cm³/mol. The van der Waals surface area contributed by atoms with E-state index in [0.29, 0.717) is 6.54 Å². The minimum Gasteiger partial charge on any atom is -0.354 e. The van der Waals surface area contributed by atoms with E-state index in [9.17, 15) is 9.18 Å². The number of amides is 1. The molecular formula is C24H30FN3O. The molecule has 0 spiro atoms. The second-order valence-electron chi connectivity index (χ2n) is 8.31. The van der Waals surface area contributed by atoms with Gasteiger partial charge in [-0.2, -0.15) is 0 Å². The van der Waals surface area contributed by atoms with Crippen LogP contribution in [0.4, 0.5) is 4.39 Å². The summed E-state index contributed by atoms with van der Waals surface area (Å²) in [4.78, 5) is 17.8. The number of rotatable bonds is 7. The lowest BCUT2D eigenvalue weighted by atomic mass is 9.64. The summed E-state index contributed by atoms with van der Waals surface area (Å²) >= 11 is 0. The third kappa shape index (κ3) is 4.68. The summed E-state index contributed by atoms with van der Waals surface area (Å²) < 4.78 is 13.6. The standard InChI is InChI=1S/C24H30FN3O/c25-22-9-4-8-21(18-22)24(10-5-11-24)23(29)26-12-13-27-14-16-28(17-15-27)19-20-6-2-1-3-7-20/h1-4,6-9,18H,5,10-17,19H2,(H,26,29). The fourth-order valence-electron chi connectivity index (χ4n) is 4.47. The number of hydrogen-bond donors (Lipinski definition) is 1. The van der Waals surface area contributed by atoms with Gasteiger partial charge in [0.2, 0.25) is 5.91 Å².